The highest BCUT2D eigenvalue weighted by atomic mass is 35.5. The molecule has 0 aliphatic heterocycles. The van der Waals surface area contributed by atoms with Crippen LogP contribution in [0.5, 0.6) is 0 Å². The van der Waals surface area contributed by atoms with Crippen molar-refractivity contribution in [3.8, 4) is 5.69 Å². The van der Waals surface area contributed by atoms with Gasteiger partial charge in [-0.05, 0) is 30.7 Å². The lowest BCUT2D eigenvalue weighted by Crippen LogP contribution is -1.95. The van der Waals surface area contributed by atoms with Gasteiger partial charge in [-0.3, -0.25) is 0 Å². The van der Waals surface area contributed by atoms with Crippen LogP contribution in [0, 0.1) is 6.92 Å². The van der Waals surface area contributed by atoms with Gasteiger partial charge in [0, 0.05) is 6.20 Å². The fourth-order valence-electron chi connectivity index (χ4n) is 1.21. The maximum absolute atomic E-state index is 5.90. The highest BCUT2D eigenvalue weighted by Crippen LogP contribution is 2.21. The first-order valence-corrected chi connectivity index (χ1v) is 4.61. The zero-order valence-electron chi connectivity index (χ0n) is 7.74. The molecule has 0 atom stereocenters. The van der Waals surface area contributed by atoms with Crippen molar-refractivity contribution in [3.05, 3.63) is 41.2 Å². The number of anilines is 1. The SMILES string of the molecule is Cc1cnn(-c2ccc(N)c(Cl)c2)c1. The highest BCUT2D eigenvalue weighted by Gasteiger charge is 2.01. The van der Waals surface area contributed by atoms with Crippen molar-refractivity contribution in [1.82, 2.24) is 9.78 Å². The molecule has 0 radical (unpaired) electrons. The van der Waals surface area contributed by atoms with E-state index in [1.165, 1.54) is 0 Å². The molecule has 0 fully saturated rings. The number of hydrogen-bond donors (Lipinski definition) is 1. The largest absolute Gasteiger partial charge is 0.398 e. The van der Waals surface area contributed by atoms with E-state index >= 15 is 0 Å². The molecule has 1 heterocycles. The first-order valence-electron chi connectivity index (χ1n) is 4.23. The Morgan fingerprint density at radius 2 is 2.21 bits per heavy atom. The number of aryl methyl sites for hydroxylation is 1. The van der Waals surface area contributed by atoms with Gasteiger partial charge in [0.15, 0.2) is 0 Å². The summed E-state index contributed by atoms with van der Waals surface area (Å²) in [5.74, 6) is 0. The minimum absolute atomic E-state index is 0.552. The first-order chi connectivity index (χ1) is 6.66. The fourth-order valence-corrected chi connectivity index (χ4v) is 1.39. The van der Waals surface area contributed by atoms with Crippen LogP contribution in [-0.2, 0) is 0 Å². The van der Waals surface area contributed by atoms with Crippen molar-refractivity contribution >= 4 is 17.3 Å². The summed E-state index contributed by atoms with van der Waals surface area (Å²) in [7, 11) is 0. The second kappa shape index (κ2) is 3.35. The predicted molar refractivity (Wildman–Crippen MR) is 57.7 cm³/mol. The zero-order valence-corrected chi connectivity index (χ0v) is 8.49. The third-order valence-electron chi connectivity index (χ3n) is 1.96. The maximum atomic E-state index is 5.90. The van der Waals surface area contributed by atoms with E-state index < -0.39 is 0 Å². The molecule has 2 aromatic rings. The molecule has 0 unspecified atom stereocenters. The number of benzene rings is 1. The summed E-state index contributed by atoms with van der Waals surface area (Å²) in [4.78, 5) is 0. The third-order valence-corrected chi connectivity index (χ3v) is 2.29. The van der Waals surface area contributed by atoms with E-state index in [4.69, 9.17) is 17.3 Å². The second-order valence-corrected chi connectivity index (χ2v) is 3.58. The Labute approximate surface area is 87.1 Å². The van der Waals surface area contributed by atoms with Crippen LogP contribution in [0.3, 0.4) is 0 Å². The highest BCUT2D eigenvalue weighted by molar-refractivity contribution is 6.33. The number of rotatable bonds is 1. The average Bonchev–Trinajstić information content (AvgIpc) is 2.57. The van der Waals surface area contributed by atoms with Crippen LogP contribution in [0.1, 0.15) is 5.56 Å². The Kier molecular flexibility index (Phi) is 2.17. The van der Waals surface area contributed by atoms with Gasteiger partial charge in [0.1, 0.15) is 0 Å². The van der Waals surface area contributed by atoms with Gasteiger partial charge in [-0.15, -0.1) is 0 Å². The number of halogens is 1. The van der Waals surface area contributed by atoms with E-state index in [0.29, 0.717) is 10.7 Å². The fraction of sp³-hybridized carbons (Fsp3) is 0.100. The molecule has 72 valence electrons. The number of nitrogens with two attached hydrogens (primary N) is 1. The van der Waals surface area contributed by atoms with Crippen molar-refractivity contribution < 1.29 is 0 Å². The molecular formula is C10H10ClN3. The van der Waals surface area contributed by atoms with E-state index in [9.17, 15) is 0 Å². The predicted octanol–water partition coefficient (Wildman–Crippen LogP) is 2.42. The normalized spacial score (nSPS) is 10.4. The summed E-state index contributed by atoms with van der Waals surface area (Å²) in [6, 6.07) is 5.45. The Hall–Kier alpha value is -1.48. The molecular weight excluding hydrogens is 198 g/mol. The molecule has 14 heavy (non-hydrogen) atoms. The molecule has 0 aliphatic carbocycles. The lowest BCUT2D eigenvalue weighted by molar-refractivity contribution is 0.880. The van der Waals surface area contributed by atoms with Gasteiger partial charge >= 0.3 is 0 Å². The van der Waals surface area contributed by atoms with Gasteiger partial charge < -0.3 is 5.73 Å². The monoisotopic (exact) mass is 207 g/mol. The molecule has 2 N–H and O–H groups in total. The molecule has 0 amide bonds. The average molecular weight is 208 g/mol. The summed E-state index contributed by atoms with van der Waals surface area (Å²) in [6.45, 7) is 1.99. The smallest absolute Gasteiger partial charge is 0.0662 e. The van der Waals surface area contributed by atoms with Crippen LogP contribution in [0.25, 0.3) is 5.69 Å². The zero-order chi connectivity index (χ0) is 10.1. The lowest BCUT2D eigenvalue weighted by atomic mass is 10.3. The second-order valence-electron chi connectivity index (χ2n) is 3.17. The number of nitrogen functional groups attached to an aromatic ring is 1. The van der Waals surface area contributed by atoms with Crippen LogP contribution in [0.15, 0.2) is 30.6 Å². The summed E-state index contributed by atoms with van der Waals surface area (Å²) >= 11 is 5.90. The van der Waals surface area contributed by atoms with Crippen molar-refractivity contribution in [2.45, 2.75) is 6.92 Å². The standard InChI is InChI=1S/C10H10ClN3/c1-7-5-13-14(6-7)8-2-3-10(12)9(11)4-8/h2-6H,12H2,1H3. The van der Waals surface area contributed by atoms with E-state index in [0.717, 1.165) is 11.3 Å². The summed E-state index contributed by atoms with van der Waals surface area (Å²) in [5, 5.41) is 4.73. The molecule has 0 saturated carbocycles. The summed E-state index contributed by atoms with van der Waals surface area (Å²) < 4.78 is 1.76. The van der Waals surface area contributed by atoms with Crippen LogP contribution < -0.4 is 5.73 Å². The molecule has 2 rings (SSSR count). The van der Waals surface area contributed by atoms with E-state index in [1.54, 1.807) is 23.0 Å². The molecule has 1 aromatic carbocycles. The summed E-state index contributed by atoms with van der Waals surface area (Å²) in [5.41, 5.74) is 8.22. The minimum Gasteiger partial charge on any atom is -0.398 e. The molecule has 0 bridgehead atoms. The van der Waals surface area contributed by atoms with Crippen molar-refractivity contribution in [3.63, 3.8) is 0 Å². The molecule has 3 nitrogen and oxygen atoms in total. The maximum Gasteiger partial charge on any atom is 0.0662 e. The molecule has 0 aliphatic rings. The van der Waals surface area contributed by atoms with Crippen LogP contribution in [0.4, 0.5) is 5.69 Å². The van der Waals surface area contributed by atoms with Crippen molar-refractivity contribution in [2.24, 2.45) is 0 Å². The van der Waals surface area contributed by atoms with Gasteiger partial charge in [-0.25, -0.2) is 4.68 Å². The van der Waals surface area contributed by atoms with Crippen molar-refractivity contribution in [1.29, 1.82) is 0 Å². The van der Waals surface area contributed by atoms with Gasteiger partial charge in [-0.1, -0.05) is 11.6 Å². The number of hydrogen-bond acceptors (Lipinski definition) is 2. The number of nitrogens with zero attached hydrogens (tertiary/aromatic N) is 2. The van der Waals surface area contributed by atoms with E-state index in [2.05, 4.69) is 5.10 Å². The quantitative estimate of drug-likeness (QED) is 0.730. The van der Waals surface area contributed by atoms with Crippen LogP contribution in [-0.4, -0.2) is 9.78 Å². The van der Waals surface area contributed by atoms with Gasteiger partial charge in [0.05, 0.1) is 22.6 Å². The minimum atomic E-state index is 0.552. The lowest BCUT2D eigenvalue weighted by Gasteiger charge is -2.03. The van der Waals surface area contributed by atoms with Crippen molar-refractivity contribution in [2.75, 3.05) is 5.73 Å². The number of aromatic nitrogens is 2. The molecule has 0 spiro atoms. The molecule has 0 saturated heterocycles. The Bertz CT molecular complexity index is 462. The van der Waals surface area contributed by atoms with Gasteiger partial charge in [0.25, 0.3) is 0 Å². The van der Waals surface area contributed by atoms with E-state index in [1.807, 2.05) is 19.2 Å². The van der Waals surface area contributed by atoms with E-state index in [-0.39, 0.29) is 0 Å². The molecule has 4 heteroatoms. The Balaban J connectivity index is 2.47. The third kappa shape index (κ3) is 1.59. The topological polar surface area (TPSA) is 43.8 Å². The van der Waals surface area contributed by atoms with Gasteiger partial charge in [-0.2, -0.15) is 5.10 Å². The van der Waals surface area contributed by atoms with Gasteiger partial charge in [0.2, 0.25) is 0 Å². The van der Waals surface area contributed by atoms with Crippen LogP contribution >= 0.6 is 11.6 Å². The molecule has 1 aromatic heterocycles. The van der Waals surface area contributed by atoms with Crippen LogP contribution in [0.2, 0.25) is 5.02 Å². The summed E-state index contributed by atoms with van der Waals surface area (Å²) in [6.07, 6.45) is 3.73. The Morgan fingerprint density at radius 1 is 1.43 bits per heavy atom. The Morgan fingerprint density at radius 3 is 2.79 bits per heavy atom. The first kappa shape index (κ1) is 9.09.